The third kappa shape index (κ3) is 3.10. The highest BCUT2D eigenvalue weighted by Gasteiger charge is 2.29. The zero-order valence-corrected chi connectivity index (χ0v) is 14.1. The first-order valence-electron chi connectivity index (χ1n) is 8.30. The monoisotopic (exact) mass is 361 g/mol. The minimum atomic E-state index is -1.23. The lowest BCUT2D eigenvalue weighted by atomic mass is 9.98. The van der Waals surface area contributed by atoms with Gasteiger partial charge in [-0.05, 0) is 22.3 Å². The molecule has 1 aromatic heterocycles. The van der Waals surface area contributed by atoms with Crippen LogP contribution in [0.25, 0.3) is 11.1 Å². The lowest BCUT2D eigenvalue weighted by Crippen LogP contribution is -2.20. The van der Waals surface area contributed by atoms with E-state index in [1.165, 1.54) is 0 Å². The van der Waals surface area contributed by atoms with Crippen LogP contribution in [-0.2, 0) is 4.74 Å². The maximum absolute atomic E-state index is 12.2. The number of amides is 1. The molecule has 7 heteroatoms. The van der Waals surface area contributed by atoms with Gasteiger partial charge in [0.2, 0.25) is 0 Å². The number of anilines is 1. The van der Waals surface area contributed by atoms with E-state index < -0.39 is 12.1 Å². The third-order valence-corrected chi connectivity index (χ3v) is 4.51. The van der Waals surface area contributed by atoms with Crippen LogP contribution in [0, 0.1) is 0 Å². The average molecular weight is 361 g/mol. The Hall–Kier alpha value is -3.74. The molecule has 134 valence electrons. The predicted octanol–water partition coefficient (Wildman–Crippen LogP) is 3.54. The SMILES string of the molecule is O=C(Nc1ncncc1C(=O)O)OCC1c2ccccc2-c2ccccc21. The molecule has 1 amide bonds. The molecule has 2 aromatic carbocycles. The molecule has 4 rings (SSSR count). The van der Waals surface area contributed by atoms with Crippen molar-refractivity contribution in [1.82, 2.24) is 9.97 Å². The Labute approximate surface area is 154 Å². The summed E-state index contributed by atoms with van der Waals surface area (Å²) in [7, 11) is 0. The molecule has 0 unspecified atom stereocenters. The highest BCUT2D eigenvalue weighted by molar-refractivity contribution is 5.97. The molecule has 0 saturated carbocycles. The lowest BCUT2D eigenvalue weighted by molar-refractivity contribution is 0.0697. The standard InChI is InChI=1S/C20H15N3O4/c24-19(25)16-9-21-11-22-18(16)23-20(26)27-10-17-14-7-3-1-5-12(14)13-6-2-4-8-15(13)17/h1-9,11,17H,10H2,(H,24,25)(H,21,22,23,26). The Balaban J connectivity index is 1.51. The van der Waals surface area contributed by atoms with Crippen molar-refractivity contribution < 1.29 is 19.4 Å². The van der Waals surface area contributed by atoms with E-state index >= 15 is 0 Å². The van der Waals surface area contributed by atoms with Crippen molar-refractivity contribution in [2.45, 2.75) is 5.92 Å². The third-order valence-electron chi connectivity index (χ3n) is 4.51. The van der Waals surface area contributed by atoms with E-state index in [0.717, 1.165) is 34.8 Å². The molecule has 7 nitrogen and oxygen atoms in total. The van der Waals surface area contributed by atoms with Gasteiger partial charge in [-0.25, -0.2) is 19.6 Å². The van der Waals surface area contributed by atoms with Crippen LogP contribution >= 0.6 is 0 Å². The van der Waals surface area contributed by atoms with Crippen molar-refractivity contribution >= 4 is 17.9 Å². The van der Waals surface area contributed by atoms with Crippen molar-refractivity contribution in [3.8, 4) is 11.1 Å². The van der Waals surface area contributed by atoms with Gasteiger partial charge in [0.25, 0.3) is 0 Å². The molecule has 3 aromatic rings. The van der Waals surface area contributed by atoms with Gasteiger partial charge in [-0.1, -0.05) is 48.5 Å². The maximum atomic E-state index is 12.2. The summed E-state index contributed by atoms with van der Waals surface area (Å²) in [6.07, 6.45) is 1.51. The van der Waals surface area contributed by atoms with Crippen LogP contribution in [0.3, 0.4) is 0 Å². The summed E-state index contributed by atoms with van der Waals surface area (Å²) in [4.78, 5) is 30.8. The number of carboxylic acid groups (broad SMARTS) is 1. The summed E-state index contributed by atoms with van der Waals surface area (Å²) in [5.74, 6) is -1.41. The van der Waals surface area contributed by atoms with E-state index in [4.69, 9.17) is 9.84 Å². The highest BCUT2D eigenvalue weighted by atomic mass is 16.5. The molecular formula is C20H15N3O4. The number of hydrogen-bond acceptors (Lipinski definition) is 5. The Morgan fingerprint density at radius 1 is 1.04 bits per heavy atom. The van der Waals surface area contributed by atoms with Crippen molar-refractivity contribution in [2.24, 2.45) is 0 Å². The van der Waals surface area contributed by atoms with Gasteiger partial charge in [0, 0.05) is 12.1 Å². The van der Waals surface area contributed by atoms with E-state index in [1.807, 2.05) is 48.5 Å². The van der Waals surface area contributed by atoms with E-state index in [1.54, 1.807) is 0 Å². The number of hydrogen-bond donors (Lipinski definition) is 2. The first-order chi connectivity index (χ1) is 13.1. The summed E-state index contributed by atoms with van der Waals surface area (Å²) in [5.41, 5.74) is 4.25. The number of ether oxygens (including phenoxy) is 1. The molecule has 0 atom stereocenters. The number of benzene rings is 2. The Kier molecular flexibility index (Phi) is 4.25. The number of nitrogens with one attached hydrogen (secondary N) is 1. The first-order valence-corrected chi connectivity index (χ1v) is 8.30. The molecule has 0 fully saturated rings. The van der Waals surface area contributed by atoms with Crippen LogP contribution in [0.15, 0.2) is 61.1 Å². The molecule has 0 spiro atoms. The first kappa shape index (κ1) is 16.7. The molecule has 0 aliphatic heterocycles. The molecule has 27 heavy (non-hydrogen) atoms. The summed E-state index contributed by atoms with van der Waals surface area (Å²) < 4.78 is 5.37. The second-order valence-electron chi connectivity index (χ2n) is 6.04. The van der Waals surface area contributed by atoms with Gasteiger partial charge in [0.15, 0.2) is 5.82 Å². The second kappa shape index (κ2) is 6.87. The van der Waals surface area contributed by atoms with Crippen molar-refractivity contribution in [2.75, 3.05) is 11.9 Å². The fraction of sp³-hybridized carbons (Fsp3) is 0.100. The number of carbonyl (C=O) groups excluding carboxylic acids is 1. The van der Waals surface area contributed by atoms with Gasteiger partial charge >= 0.3 is 12.1 Å². The normalized spacial score (nSPS) is 12.1. The zero-order chi connectivity index (χ0) is 18.8. The largest absolute Gasteiger partial charge is 0.477 e. The molecular weight excluding hydrogens is 346 g/mol. The summed E-state index contributed by atoms with van der Waals surface area (Å²) in [6.45, 7) is 0.132. The van der Waals surface area contributed by atoms with Crippen molar-refractivity contribution in [1.29, 1.82) is 0 Å². The minimum Gasteiger partial charge on any atom is -0.477 e. The van der Waals surface area contributed by atoms with Gasteiger partial charge in [-0.15, -0.1) is 0 Å². The van der Waals surface area contributed by atoms with Crippen LogP contribution in [0.4, 0.5) is 10.6 Å². The topological polar surface area (TPSA) is 101 Å². The smallest absolute Gasteiger partial charge is 0.412 e. The molecule has 0 bridgehead atoms. The summed E-state index contributed by atoms with van der Waals surface area (Å²) >= 11 is 0. The Morgan fingerprint density at radius 3 is 2.30 bits per heavy atom. The Morgan fingerprint density at radius 2 is 1.67 bits per heavy atom. The van der Waals surface area contributed by atoms with Crippen LogP contribution in [0.2, 0.25) is 0 Å². The van der Waals surface area contributed by atoms with Crippen LogP contribution in [0.1, 0.15) is 27.4 Å². The number of carbonyl (C=O) groups is 2. The number of nitrogens with zero attached hydrogens (tertiary/aromatic N) is 2. The van der Waals surface area contributed by atoms with Gasteiger partial charge in [0.05, 0.1) is 0 Å². The fourth-order valence-corrected chi connectivity index (χ4v) is 3.32. The highest BCUT2D eigenvalue weighted by Crippen LogP contribution is 2.44. The maximum Gasteiger partial charge on any atom is 0.412 e. The molecule has 1 heterocycles. The summed E-state index contributed by atoms with van der Waals surface area (Å²) in [6, 6.07) is 16.0. The van der Waals surface area contributed by atoms with Crippen LogP contribution in [0.5, 0.6) is 0 Å². The number of carboxylic acids is 1. The van der Waals surface area contributed by atoms with Crippen LogP contribution < -0.4 is 5.32 Å². The minimum absolute atomic E-state index is 0.0764. The lowest BCUT2D eigenvalue weighted by Gasteiger charge is -2.14. The Bertz CT molecular complexity index is 989. The average Bonchev–Trinajstić information content (AvgIpc) is 3.00. The molecule has 1 aliphatic rings. The van der Waals surface area contributed by atoms with Gasteiger partial charge in [0.1, 0.15) is 18.5 Å². The predicted molar refractivity (Wildman–Crippen MR) is 97.7 cm³/mol. The summed E-state index contributed by atoms with van der Waals surface area (Å²) in [5, 5.41) is 11.5. The fourth-order valence-electron chi connectivity index (χ4n) is 3.32. The number of aromatic nitrogens is 2. The van der Waals surface area contributed by atoms with E-state index in [0.29, 0.717) is 0 Å². The van der Waals surface area contributed by atoms with Gasteiger partial charge in [-0.3, -0.25) is 5.32 Å². The zero-order valence-electron chi connectivity index (χ0n) is 14.1. The van der Waals surface area contributed by atoms with E-state index in [9.17, 15) is 9.59 Å². The molecule has 1 aliphatic carbocycles. The van der Waals surface area contributed by atoms with Gasteiger partial charge < -0.3 is 9.84 Å². The number of rotatable bonds is 4. The van der Waals surface area contributed by atoms with E-state index in [-0.39, 0.29) is 23.9 Å². The quantitative estimate of drug-likeness (QED) is 0.737. The van der Waals surface area contributed by atoms with Crippen molar-refractivity contribution in [3.63, 3.8) is 0 Å². The van der Waals surface area contributed by atoms with Crippen molar-refractivity contribution in [3.05, 3.63) is 77.7 Å². The van der Waals surface area contributed by atoms with Gasteiger partial charge in [-0.2, -0.15) is 0 Å². The molecule has 0 radical (unpaired) electrons. The van der Waals surface area contributed by atoms with Crippen LogP contribution in [-0.4, -0.2) is 33.7 Å². The number of aromatic carboxylic acids is 1. The van der Waals surface area contributed by atoms with E-state index in [2.05, 4.69) is 15.3 Å². The molecule has 0 saturated heterocycles. The number of fused-ring (bicyclic) bond motifs is 3. The second-order valence-corrected chi connectivity index (χ2v) is 6.04. The molecule has 2 N–H and O–H groups in total.